The molecule has 5 nitrogen and oxygen atoms in total. The summed E-state index contributed by atoms with van der Waals surface area (Å²) in [5, 5.41) is 3.20. The Morgan fingerprint density at radius 3 is 2.42 bits per heavy atom. The number of hydrogen-bond donors (Lipinski definition) is 1. The molecule has 4 rings (SSSR count). The summed E-state index contributed by atoms with van der Waals surface area (Å²) in [7, 11) is 0. The van der Waals surface area contributed by atoms with Gasteiger partial charge in [-0.3, -0.25) is 4.79 Å². The Morgan fingerprint density at radius 1 is 1.03 bits per heavy atom. The molecule has 0 bridgehead atoms. The van der Waals surface area contributed by atoms with Crippen molar-refractivity contribution in [1.82, 2.24) is 15.3 Å². The van der Waals surface area contributed by atoms with Crippen molar-refractivity contribution in [1.29, 1.82) is 0 Å². The normalized spacial score (nSPS) is 17.3. The van der Waals surface area contributed by atoms with E-state index in [4.69, 9.17) is 4.98 Å². The lowest BCUT2D eigenvalue weighted by molar-refractivity contribution is -0.125. The lowest BCUT2D eigenvalue weighted by Crippen LogP contribution is -2.44. The fourth-order valence-electron chi connectivity index (χ4n) is 4.04. The van der Waals surface area contributed by atoms with Gasteiger partial charge in [-0.15, -0.1) is 0 Å². The number of hydrogen-bond acceptors (Lipinski definition) is 4. The molecule has 1 aliphatic rings. The highest BCUT2D eigenvalue weighted by Crippen LogP contribution is 2.25. The average Bonchev–Trinajstić information content (AvgIpc) is 2.80. The van der Waals surface area contributed by atoms with Crippen LogP contribution in [0.1, 0.15) is 42.5 Å². The Bertz CT molecular complexity index is 1030. The SMILES string of the molecule is Cc1ccc(-c2nccc(N3CCC[C@H](C(=O)N[C@H](C)c4ccc(C)cc4)C3)n2)cc1. The Labute approximate surface area is 184 Å². The number of amides is 1. The summed E-state index contributed by atoms with van der Waals surface area (Å²) in [5.74, 6) is 1.68. The van der Waals surface area contributed by atoms with E-state index in [-0.39, 0.29) is 17.9 Å². The van der Waals surface area contributed by atoms with Crippen LogP contribution in [0.15, 0.2) is 60.8 Å². The fourth-order valence-corrected chi connectivity index (χ4v) is 4.04. The maximum absolute atomic E-state index is 13.0. The second-order valence-electron chi connectivity index (χ2n) is 8.53. The predicted molar refractivity (Wildman–Crippen MR) is 125 cm³/mol. The molecule has 2 heterocycles. The van der Waals surface area contributed by atoms with Crippen molar-refractivity contribution in [3.63, 3.8) is 0 Å². The lowest BCUT2D eigenvalue weighted by Gasteiger charge is -2.33. The molecule has 2 atom stereocenters. The summed E-state index contributed by atoms with van der Waals surface area (Å²) in [6.07, 6.45) is 3.68. The second kappa shape index (κ2) is 9.29. The van der Waals surface area contributed by atoms with Gasteiger partial charge >= 0.3 is 0 Å². The van der Waals surface area contributed by atoms with Gasteiger partial charge < -0.3 is 10.2 Å². The van der Waals surface area contributed by atoms with Crippen LogP contribution in [0.5, 0.6) is 0 Å². The Morgan fingerprint density at radius 2 is 1.71 bits per heavy atom. The number of rotatable bonds is 5. The minimum atomic E-state index is -0.0422. The predicted octanol–water partition coefficient (Wildman–Crippen LogP) is 4.85. The number of carbonyl (C=O) groups is 1. The molecule has 1 aromatic heterocycles. The smallest absolute Gasteiger partial charge is 0.225 e. The third-order valence-corrected chi connectivity index (χ3v) is 6.00. The van der Waals surface area contributed by atoms with Crippen molar-refractivity contribution in [2.75, 3.05) is 18.0 Å². The number of aromatic nitrogens is 2. The first kappa shape index (κ1) is 21.0. The van der Waals surface area contributed by atoms with Crippen molar-refractivity contribution in [2.24, 2.45) is 5.92 Å². The molecule has 1 saturated heterocycles. The van der Waals surface area contributed by atoms with E-state index in [0.717, 1.165) is 42.2 Å². The highest BCUT2D eigenvalue weighted by Gasteiger charge is 2.27. The van der Waals surface area contributed by atoms with Gasteiger partial charge in [-0.05, 0) is 45.2 Å². The third-order valence-electron chi connectivity index (χ3n) is 6.00. The van der Waals surface area contributed by atoms with Gasteiger partial charge in [0.05, 0.1) is 12.0 Å². The van der Waals surface area contributed by atoms with Crippen LogP contribution in [0.3, 0.4) is 0 Å². The third kappa shape index (κ3) is 5.10. The standard InChI is InChI=1S/C26H30N4O/c1-18-6-10-21(11-7-18)20(3)28-26(31)23-5-4-16-30(17-23)24-14-15-27-25(29-24)22-12-8-19(2)9-13-22/h6-15,20,23H,4-5,16-17H2,1-3H3,(H,28,31)/t20-,23+/m1/s1. The van der Waals surface area contributed by atoms with Crippen LogP contribution < -0.4 is 10.2 Å². The quantitative estimate of drug-likeness (QED) is 0.648. The Kier molecular flexibility index (Phi) is 6.31. The molecule has 31 heavy (non-hydrogen) atoms. The summed E-state index contributed by atoms with van der Waals surface area (Å²) in [6.45, 7) is 7.76. The van der Waals surface area contributed by atoms with Crippen LogP contribution in [0.2, 0.25) is 0 Å². The van der Waals surface area contributed by atoms with E-state index in [1.54, 1.807) is 6.20 Å². The van der Waals surface area contributed by atoms with E-state index in [1.807, 2.05) is 25.1 Å². The zero-order valence-corrected chi connectivity index (χ0v) is 18.5. The van der Waals surface area contributed by atoms with E-state index in [9.17, 15) is 4.79 Å². The summed E-state index contributed by atoms with van der Waals surface area (Å²) in [4.78, 5) is 24.4. The summed E-state index contributed by atoms with van der Waals surface area (Å²) in [5.41, 5.74) is 4.57. The molecule has 0 radical (unpaired) electrons. The molecule has 160 valence electrons. The lowest BCUT2D eigenvalue weighted by atomic mass is 9.96. The number of nitrogens with one attached hydrogen (secondary N) is 1. The number of nitrogens with zero attached hydrogens (tertiary/aromatic N) is 3. The molecule has 5 heteroatoms. The first-order valence-corrected chi connectivity index (χ1v) is 11.0. The molecule has 1 N–H and O–H groups in total. The van der Waals surface area contributed by atoms with E-state index in [1.165, 1.54) is 11.1 Å². The van der Waals surface area contributed by atoms with Gasteiger partial charge in [0.2, 0.25) is 5.91 Å². The van der Waals surface area contributed by atoms with Crippen LogP contribution in [-0.4, -0.2) is 29.0 Å². The van der Waals surface area contributed by atoms with Gasteiger partial charge in [0.25, 0.3) is 0 Å². The molecular weight excluding hydrogens is 384 g/mol. The van der Waals surface area contributed by atoms with Crippen LogP contribution in [0, 0.1) is 19.8 Å². The largest absolute Gasteiger partial charge is 0.356 e. The topological polar surface area (TPSA) is 58.1 Å². The first-order valence-electron chi connectivity index (χ1n) is 11.0. The van der Waals surface area contributed by atoms with Gasteiger partial charge in [0.15, 0.2) is 5.82 Å². The molecule has 0 unspecified atom stereocenters. The number of piperidine rings is 1. The number of anilines is 1. The molecule has 1 fully saturated rings. The molecular formula is C26H30N4O. The highest BCUT2D eigenvalue weighted by molar-refractivity contribution is 5.80. The van der Waals surface area contributed by atoms with Gasteiger partial charge in [-0.1, -0.05) is 59.7 Å². The van der Waals surface area contributed by atoms with Crippen molar-refractivity contribution < 1.29 is 4.79 Å². The summed E-state index contributed by atoms with van der Waals surface area (Å²) in [6, 6.07) is 18.5. The van der Waals surface area contributed by atoms with E-state index < -0.39 is 0 Å². The van der Waals surface area contributed by atoms with E-state index >= 15 is 0 Å². The summed E-state index contributed by atoms with van der Waals surface area (Å²) >= 11 is 0. The minimum absolute atomic E-state index is 0.00401. The average molecular weight is 415 g/mol. The molecule has 0 aliphatic carbocycles. The summed E-state index contributed by atoms with van der Waals surface area (Å²) < 4.78 is 0. The Hall–Kier alpha value is -3.21. The maximum Gasteiger partial charge on any atom is 0.225 e. The van der Waals surface area contributed by atoms with Gasteiger partial charge in [0.1, 0.15) is 5.82 Å². The minimum Gasteiger partial charge on any atom is -0.356 e. The molecule has 0 saturated carbocycles. The fraction of sp³-hybridized carbons (Fsp3) is 0.346. The van der Waals surface area contributed by atoms with Crippen molar-refractivity contribution >= 4 is 11.7 Å². The van der Waals surface area contributed by atoms with E-state index in [0.29, 0.717) is 6.54 Å². The number of benzene rings is 2. The van der Waals surface area contributed by atoms with Crippen LogP contribution in [-0.2, 0) is 4.79 Å². The van der Waals surface area contributed by atoms with Crippen LogP contribution in [0.4, 0.5) is 5.82 Å². The van der Waals surface area contributed by atoms with E-state index in [2.05, 4.69) is 65.4 Å². The second-order valence-corrected chi connectivity index (χ2v) is 8.53. The molecule has 2 aromatic carbocycles. The highest BCUT2D eigenvalue weighted by atomic mass is 16.2. The first-order chi connectivity index (χ1) is 15.0. The molecule has 0 spiro atoms. The zero-order chi connectivity index (χ0) is 21.8. The number of carbonyl (C=O) groups excluding carboxylic acids is 1. The van der Waals surface area contributed by atoms with Crippen LogP contribution in [0.25, 0.3) is 11.4 Å². The number of aryl methyl sites for hydroxylation is 2. The monoisotopic (exact) mass is 414 g/mol. The zero-order valence-electron chi connectivity index (χ0n) is 18.5. The molecule has 3 aromatic rings. The molecule has 1 aliphatic heterocycles. The van der Waals surface area contributed by atoms with Crippen molar-refractivity contribution in [3.8, 4) is 11.4 Å². The Balaban J connectivity index is 1.43. The van der Waals surface area contributed by atoms with Gasteiger partial charge in [0, 0.05) is 24.8 Å². The van der Waals surface area contributed by atoms with Gasteiger partial charge in [-0.25, -0.2) is 9.97 Å². The maximum atomic E-state index is 13.0. The van der Waals surface area contributed by atoms with Crippen molar-refractivity contribution in [2.45, 2.75) is 39.7 Å². The van der Waals surface area contributed by atoms with Crippen LogP contribution >= 0.6 is 0 Å². The van der Waals surface area contributed by atoms with Gasteiger partial charge in [-0.2, -0.15) is 0 Å². The molecule has 1 amide bonds. The van der Waals surface area contributed by atoms with Crippen molar-refractivity contribution in [3.05, 3.63) is 77.5 Å².